The summed E-state index contributed by atoms with van der Waals surface area (Å²) in [5.41, 5.74) is 0. The van der Waals surface area contributed by atoms with Crippen LogP contribution in [0.2, 0.25) is 0 Å². The van der Waals surface area contributed by atoms with Crippen LogP contribution in [-0.2, 0) is 34.0 Å². The van der Waals surface area contributed by atoms with Gasteiger partial charge >= 0.3 is 0 Å². The van der Waals surface area contributed by atoms with Crippen molar-refractivity contribution >= 4 is 0 Å². The van der Waals surface area contributed by atoms with Crippen molar-refractivity contribution in [3.8, 4) is 0 Å². The second-order valence-corrected chi connectivity index (χ2v) is 4.66. The lowest BCUT2D eigenvalue weighted by Crippen LogP contribution is -2.32. The maximum atomic E-state index is 3.27. The van der Waals surface area contributed by atoms with Crippen LogP contribution in [0.25, 0.3) is 0 Å². The predicted molar refractivity (Wildman–Crippen MR) is 65.2 cm³/mol. The fourth-order valence-corrected chi connectivity index (χ4v) is 2.23. The van der Waals surface area contributed by atoms with Crippen LogP contribution in [0.15, 0.2) is 24.8 Å². The minimum atomic E-state index is 1.12. The van der Waals surface area contributed by atoms with Gasteiger partial charge in [0.15, 0.2) is 0 Å². The molecule has 4 heteroatoms. The molecule has 4 nitrogen and oxygen atoms in total. The van der Waals surface area contributed by atoms with Crippen LogP contribution in [0.1, 0.15) is 24.5 Å². The predicted octanol–water partition coefficient (Wildman–Crippen LogP) is 0.568. The molecule has 0 fully saturated rings. The lowest BCUT2D eigenvalue weighted by molar-refractivity contribution is -0.679. The first-order chi connectivity index (χ1) is 8.18. The van der Waals surface area contributed by atoms with Gasteiger partial charge in [0, 0.05) is 12.8 Å². The molecule has 2 aromatic heterocycles. The zero-order valence-electron chi connectivity index (χ0n) is 11.0. The van der Waals surface area contributed by atoms with Crippen LogP contribution in [-0.4, -0.2) is 9.55 Å². The van der Waals surface area contributed by atoms with E-state index in [1.165, 1.54) is 24.5 Å². The van der Waals surface area contributed by atoms with E-state index in [9.17, 15) is 0 Å². The van der Waals surface area contributed by atoms with E-state index in [-0.39, 0.29) is 0 Å². The quantitative estimate of drug-likeness (QED) is 0.579. The van der Waals surface area contributed by atoms with Crippen molar-refractivity contribution in [2.45, 2.75) is 25.7 Å². The molecule has 0 aliphatic rings. The summed E-state index contributed by atoms with van der Waals surface area (Å²) in [4.78, 5) is 3.27. The Labute approximate surface area is 103 Å². The van der Waals surface area contributed by atoms with Crippen molar-refractivity contribution in [1.82, 2.24) is 9.55 Å². The Kier molecular flexibility index (Phi) is 3.61. The highest BCUT2D eigenvalue weighted by Gasteiger charge is 2.11. The topological polar surface area (TPSA) is 28.5 Å². The second-order valence-electron chi connectivity index (χ2n) is 4.66. The lowest BCUT2D eigenvalue weighted by Gasteiger charge is -1.98. The number of unbranched alkanes of at least 4 members (excludes halogenated alkanes) is 1. The van der Waals surface area contributed by atoms with E-state index in [0.717, 1.165) is 12.8 Å². The Balaban J connectivity index is 1.79. The average molecular weight is 234 g/mol. The summed E-state index contributed by atoms with van der Waals surface area (Å²) >= 11 is 0. The number of aromatic amines is 1. The second kappa shape index (κ2) is 5.17. The maximum Gasteiger partial charge on any atom is 0.255 e. The van der Waals surface area contributed by atoms with Gasteiger partial charge in [0.05, 0.1) is 21.1 Å². The van der Waals surface area contributed by atoms with Crippen molar-refractivity contribution in [3.05, 3.63) is 36.4 Å². The number of aromatic nitrogens is 4. The third-order valence-electron chi connectivity index (χ3n) is 3.37. The van der Waals surface area contributed by atoms with E-state index in [0.29, 0.717) is 0 Å². The van der Waals surface area contributed by atoms with Crippen LogP contribution in [0.5, 0.6) is 0 Å². The van der Waals surface area contributed by atoms with Gasteiger partial charge in [-0.1, -0.05) is 0 Å². The molecule has 92 valence electrons. The highest BCUT2D eigenvalue weighted by molar-refractivity contribution is 4.83. The molecule has 0 radical (unpaired) electrons. The summed E-state index contributed by atoms with van der Waals surface area (Å²) in [7, 11) is 6.31. The first kappa shape index (κ1) is 11.9. The number of nitrogens with zero attached hydrogens (tertiary/aromatic N) is 3. The van der Waals surface area contributed by atoms with Gasteiger partial charge in [0.1, 0.15) is 24.8 Å². The standard InChI is InChI=1S/C13H21N4/c1-15-9-8-14-12(15)6-4-5-7-13-16(2)10-11-17(13)3/h8-11H,4-7H2,1-3H3/q+1/p+1. The minimum Gasteiger partial charge on any atom is -0.248 e. The van der Waals surface area contributed by atoms with Crippen molar-refractivity contribution in [3.63, 3.8) is 0 Å². The zero-order valence-corrected chi connectivity index (χ0v) is 11.0. The molecular weight excluding hydrogens is 212 g/mol. The molecule has 0 saturated carbocycles. The zero-order chi connectivity index (χ0) is 12.3. The molecule has 0 aliphatic heterocycles. The van der Waals surface area contributed by atoms with Crippen molar-refractivity contribution in [1.29, 1.82) is 0 Å². The van der Waals surface area contributed by atoms with Crippen molar-refractivity contribution in [2.24, 2.45) is 21.1 Å². The molecule has 1 N–H and O–H groups in total. The van der Waals surface area contributed by atoms with Gasteiger partial charge in [-0.05, 0) is 12.8 Å². The van der Waals surface area contributed by atoms with Gasteiger partial charge in [0.2, 0.25) is 0 Å². The lowest BCUT2D eigenvalue weighted by atomic mass is 10.2. The minimum absolute atomic E-state index is 1.12. The van der Waals surface area contributed by atoms with Crippen LogP contribution in [0.4, 0.5) is 0 Å². The molecule has 2 heterocycles. The molecule has 0 bridgehead atoms. The Morgan fingerprint density at radius 3 is 2.47 bits per heavy atom. The number of hydrogen-bond acceptors (Lipinski definition) is 0. The summed E-state index contributed by atoms with van der Waals surface area (Å²) in [5.74, 6) is 2.70. The van der Waals surface area contributed by atoms with Gasteiger partial charge < -0.3 is 0 Å². The Hall–Kier alpha value is -1.58. The van der Waals surface area contributed by atoms with Crippen molar-refractivity contribution in [2.75, 3.05) is 0 Å². The van der Waals surface area contributed by atoms with Crippen LogP contribution in [0, 0.1) is 0 Å². The molecule has 0 amide bonds. The van der Waals surface area contributed by atoms with E-state index in [1.807, 2.05) is 6.20 Å². The molecule has 0 aromatic carbocycles. The van der Waals surface area contributed by atoms with E-state index < -0.39 is 0 Å². The molecule has 0 unspecified atom stereocenters. The smallest absolute Gasteiger partial charge is 0.248 e. The molecule has 0 atom stereocenters. The normalized spacial score (nSPS) is 11.0. The number of aryl methyl sites for hydroxylation is 4. The van der Waals surface area contributed by atoms with E-state index >= 15 is 0 Å². The summed E-state index contributed by atoms with van der Waals surface area (Å²) in [6.07, 6.45) is 13.0. The molecule has 0 saturated heterocycles. The number of H-pyrrole nitrogens is 1. The fourth-order valence-electron chi connectivity index (χ4n) is 2.23. The molecule has 17 heavy (non-hydrogen) atoms. The third-order valence-corrected chi connectivity index (χ3v) is 3.37. The molecule has 2 rings (SSSR count). The Morgan fingerprint density at radius 1 is 1.12 bits per heavy atom. The molecule has 0 spiro atoms. The van der Waals surface area contributed by atoms with E-state index in [2.05, 4.69) is 58.4 Å². The first-order valence-electron chi connectivity index (χ1n) is 6.20. The maximum absolute atomic E-state index is 3.27. The fraction of sp³-hybridized carbons (Fsp3) is 0.538. The number of imidazole rings is 2. The largest absolute Gasteiger partial charge is 0.255 e. The van der Waals surface area contributed by atoms with Gasteiger partial charge in [-0.25, -0.2) is 18.7 Å². The number of nitrogens with one attached hydrogen (secondary N) is 1. The Morgan fingerprint density at radius 2 is 1.88 bits per heavy atom. The summed E-state index contributed by atoms with van der Waals surface area (Å²) in [5, 5.41) is 0. The summed E-state index contributed by atoms with van der Waals surface area (Å²) in [6, 6.07) is 0. The number of rotatable bonds is 5. The highest BCUT2D eigenvalue weighted by Crippen LogP contribution is 2.03. The van der Waals surface area contributed by atoms with Crippen LogP contribution in [0.3, 0.4) is 0 Å². The van der Waals surface area contributed by atoms with Crippen LogP contribution < -0.4 is 9.13 Å². The van der Waals surface area contributed by atoms with Crippen LogP contribution >= 0.6 is 0 Å². The summed E-state index contributed by atoms with van der Waals surface area (Å²) < 4.78 is 6.56. The first-order valence-corrected chi connectivity index (χ1v) is 6.20. The molecule has 0 aliphatic carbocycles. The Bertz CT molecular complexity index is 462. The highest BCUT2D eigenvalue weighted by atomic mass is 15.1. The third kappa shape index (κ3) is 2.75. The van der Waals surface area contributed by atoms with E-state index in [4.69, 9.17) is 0 Å². The monoisotopic (exact) mass is 234 g/mol. The summed E-state index contributed by atoms with van der Waals surface area (Å²) in [6.45, 7) is 0. The van der Waals surface area contributed by atoms with Gasteiger partial charge in [-0.2, -0.15) is 0 Å². The average Bonchev–Trinajstić information content (AvgIpc) is 2.84. The SMILES string of the molecule is Cn1cc[n+](C)c1CCCCc1[nH]cc[n+]1C. The number of hydrogen-bond donors (Lipinski definition) is 1. The molecular formula is C13H22N4+2. The van der Waals surface area contributed by atoms with Gasteiger partial charge in [-0.15, -0.1) is 0 Å². The van der Waals surface area contributed by atoms with Gasteiger partial charge in [0.25, 0.3) is 11.6 Å². The molecule has 2 aromatic rings. The van der Waals surface area contributed by atoms with E-state index in [1.54, 1.807) is 0 Å². The van der Waals surface area contributed by atoms with Gasteiger partial charge in [-0.3, -0.25) is 0 Å². The van der Waals surface area contributed by atoms with Crippen molar-refractivity contribution < 1.29 is 9.13 Å².